The molecule has 5 heterocycles. The van der Waals surface area contributed by atoms with Gasteiger partial charge in [0.15, 0.2) is 0 Å². The lowest BCUT2D eigenvalue weighted by atomic mass is 9.93. The van der Waals surface area contributed by atoms with Crippen LogP contribution in [0.3, 0.4) is 0 Å². The maximum absolute atomic E-state index is 14.5. The zero-order valence-corrected chi connectivity index (χ0v) is 38.5. The molecule has 4 aromatic heterocycles. The Morgan fingerprint density at radius 3 is 0.691 bits per heavy atom. The molecule has 12 heteroatoms. The number of hydrogen-bond acceptors (Lipinski definition) is 8. The van der Waals surface area contributed by atoms with Gasteiger partial charge in [-0.05, 0) is 49.9 Å². The number of aromatic amines is 4. The van der Waals surface area contributed by atoms with Crippen LogP contribution in [0.4, 0.5) is 0 Å². The summed E-state index contributed by atoms with van der Waals surface area (Å²) in [6.07, 6.45) is 0.485. The van der Waals surface area contributed by atoms with E-state index in [1.54, 1.807) is 27.7 Å². The molecular formula is C56H52N4O8. The Morgan fingerprint density at radius 2 is 0.515 bits per heavy atom. The van der Waals surface area contributed by atoms with Gasteiger partial charge in [0.1, 0.15) is 0 Å². The largest absolute Gasteiger partial charge is 0.462 e. The number of carbonyl (C=O) groups excluding carboxylic acids is 4. The van der Waals surface area contributed by atoms with Crippen LogP contribution >= 0.6 is 0 Å². The Kier molecular flexibility index (Phi) is 13.1. The molecule has 1 aliphatic heterocycles. The summed E-state index contributed by atoms with van der Waals surface area (Å²) in [5.41, 5.74) is 11.5. The second kappa shape index (κ2) is 19.8. The maximum atomic E-state index is 14.5. The lowest BCUT2D eigenvalue weighted by Gasteiger charge is -2.11. The van der Waals surface area contributed by atoms with Crippen LogP contribution in [0.25, 0.3) is 44.5 Å². The second-order valence-electron chi connectivity index (χ2n) is 16.4. The highest BCUT2D eigenvalue weighted by Crippen LogP contribution is 2.42. The first-order chi connectivity index (χ1) is 33.2. The Hall–Kier alpha value is -8.12. The van der Waals surface area contributed by atoms with E-state index in [0.717, 1.165) is 22.3 Å². The van der Waals surface area contributed by atoms with Gasteiger partial charge in [0.05, 0.1) is 48.7 Å². The summed E-state index contributed by atoms with van der Waals surface area (Å²) in [4.78, 5) is 72.8. The summed E-state index contributed by atoms with van der Waals surface area (Å²) in [7, 11) is 0. The van der Waals surface area contributed by atoms with Gasteiger partial charge in [0, 0.05) is 93.5 Å². The average Bonchev–Trinajstić information content (AvgIpc) is 4.10. The van der Waals surface area contributed by atoms with Crippen molar-refractivity contribution in [3.63, 3.8) is 0 Å². The number of esters is 4. The van der Waals surface area contributed by atoms with Crippen LogP contribution in [0, 0.1) is 0 Å². The number of aromatic nitrogens is 4. The zero-order chi connectivity index (χ0) is 47.3. The first kappa shape index (κ1) is 45.1. The van der Waals surface area contributed by atoms with Crippen LogP contribution in [-0.4, -0.2) is 70.2 Å². The lowest BCUT2D eigenvalue weighted by molar-refractivity contribution is 0.0516. The predicted octanol–water partition coefficient (Wildman–Crippen LogP) is 11.1. The topological polar surface area (TPSA) is 168 Å². The van der Waals surface area contributed by atoms with Crippen molar-refractivity contribution in [2.24, 2.45) is 0 Å². The van der Waals surface area contributed by atoms with Crippen molar-refractivity contribution in [1.29, 1.82) is 0 Å². The van der Waals surface area contributed by atoms with E-state index in [0.29, 0.717) is 90.1 Å². The molecule has 0 fully saturated rings. The number of benzene rings is 4. The predicted molar refractivity (Wildman–Crippen MR) is 260 cm³/mol. The third kappa shape index (κ3) is 8.56. The van der Waals surface area contributed by atoms with Crippen molar-refractivity contribution in [3.8, 4) is 44.5 Å². The number of ether oxygens (including phenoxy) is 4. The molecule has 8 aromatic rings. The first-order valence-corrected chi connectivity index (χ1v) is 23.1. The summed E-state index contributed by atoms with van der Waals surface area (Å²) in [6.45, 7) is 7.60. The fourth-order valence-electron chi connectivity index (χ4n) is 9.61. The zero-order valence-electron chi connectivity index (χ0n) is 38.5. The van der Waals surface area contributed by atoms with E-state index >= 15 is 0 Å². The van der Waals surface area contributed by atoms with Crippen LogP contribution in [-0.2, 0) is 44.6 Å². The van der Waals surface area contributed by atoms with Crippen molar-refractivity contribution >= 4 is 23.9 Å². The van der Waals surface area contributed by atoms with Crippen molar-refractivity contribution in [2.75, 3.05) is 26.4 Å². The molecule has 9 rings (SSSR count). The normalized spacial score (nSPS) is 12.1. The average molecular weight is 909 g/mol. The van der Waals surface area contributed by atoms with Crippen LogP contribution in [0.5, 0.6) is 0 Å². The highest BCUT2D eigenvalue weighted by atomic mass is 16.5. The Balaban J connectivity index is 1.42. The molecule has 0 amide bonds. The van der Waals surface area contributed by atoms with Gasteiger partial charge in [0.2, 0.25) is 0 Å². The molecule has 68 heavy (non-hydrogen) atoms. The van der Waals surface area contributed by atoms with Crippen molar-refractivity contribution < 1.29 is 38.1 Å². The number of rotatable bonds is 12. The molecule has 4 N–H and O–H groups in total. The number of H-pyrrole nitrogens is 4. The van der Waals surface area contributed by atoms with Crippen molar-refractivity contribution in [1.82, 2.24) is 19.9 Å². The minimum absolute atomic E-state index is 0.121. The van der Waals surface area contributed by atoms with Crippen molar-refractivity contribution in [2.45, 2.75) is 53.4 Å². The Labute approximate surface area is 394 Å². The molecule has 344 valence electrons. The second-order valence-corrected chi connectivity index (χ2v) is 16.4. The molecule has 0 atom stereocenters. The number of fused-ring (bicyclic) bond motifs is 8. The van der Waals surface area contributed by atoms with Crippen molar-refractivity contribution in [3.05, 3.63) is 189 Å². The van der Waals surface area contributed by atoms with Gasteiger partial charge in [-0.2, -0.15) is 0 Å². The quantitative estimate of drug-likeness (QED) is 0.0694. The third-order valence-electron chi connectivity index (χ3n) is 12.2. The van der Waals surface area contributed by atoms with E-state index in [9.17, 15) is 19.2 Å². The van der Waals surface area contributed by atoms with Gasteiger partial charge in [-0.1, -0.05) is 121 Å². The van der Waals surface area contributed by atoms with E-state index in [4.69, 9.17) is 18.9 Å². The van der Waals surface area contributed by atoms with E-state index in [1.165, 1.54) is 0 Å². The molecule has 0 saturated carbocycles. The molecule has 0 aliphatic carbocycles. The summed E-state index contributed by atoms with van der Waals surface area (Å²) in [5, 5.41) is 0. The first-order valence-electron chi connectivity index (χ1n) is 23.1. The van der Waals surface area contributed by atoms with Gasteiger partial charge < -0.3 is 38.9 Å². The fourth-order valence-corrected chi connectivity index (χ4v) is 9.61. The third-order valence-corrected chi connectivity index (χ3v) is 12.2. The molecule has 4 aromatic carbocycles. The Morgan fingerprint density at radius 1 is 0.324 bits per heavy atom. The molecule has 0 saturated heterocycles. The highest BCUT2D eigenvalue weighted by molar-refractivity contribution is 6.04. The highest BCUT2D eigenvalue weighted by Gasteiger charge is 2.35. The molecule has 1 aliphatic rings. The van der Waals surface area contributed by atoms with E-state index < -0.39 is 23.9 Å². The minimum Gasteiger partial charge on any atom is -0.462 e. The Bertz CT molecular complexity index is 2700. The summed E-state index contributed by atoms with van der Waals surface area (Å²) in [6, 6.07) is 38.4. The minimum atomic E-state index is -0.527. The summed E-state index contributed by atoms with van der Waals surface area (Å²) >= 11 is 0. The fraction of sp³-hybridized carbons (Fsp3) is 0.214. The van der Waals surface area contributed by atoms with Gasteiger partial charge >= 0.3 is 23.9 Å². The molecule has 0 spiro atoms. The molecule has 8 bridgehead atoms. The van der Waals surface area contributed by atoms with Crippen LogP contribution in [0.1, 0.15) is 115 Å². The summed E-state index contributed by atoms with van der Waals surface area (Å²) in [5.74, 6) is -2.11. The standard InChI is InChI=1S/C56H52N4O8/c1-5-65-53(61)49-41-29-38-46(34-23-15-10-16-24-34)51(55(63)67-7-3)43(58-38)31-40-48(36-27-19-12-20-28-36)52(56(64)68-8-4)44(60-40)32-39-47(35-25-17-11-18-26-35)50(54(62)66-6-2)42(59-39)30-37(57-41)45(49)33-21-13-9-14-22-33/h9-28,57-60H,5-8,29-32H2,1-4H3. The van der Waals surface area contributed by atoms with Crippen LogP contribution < -0.4 is 0 Å². The maximum Gasteiger partial charge on any atom is 0.340 e. The number of carbonyl (C=O) groups is 4. The van der Waals surface area contributed by atoms with Gasteiger partial charge in [-0.3, -0.25) is 0 Å². The smallest absolute Gasteiger partial charge is 0.340 e. The number of hydrogen-bond donors (Lipinski definition) is 4. The molecular weight excluding hydrogens is 857 g/mol. The monoisotopic (exact) mass is 908 g/mol. The van der Waals surface area contributed by atoms with Gasteiger partial charge in [0.25, 0.3) is 0 Å². The molecule has 12 nitrogen and oxygen atoms in total. The van der Waals surface area contributed by atoms with Crippen LogP contribution in [0.2, 0.25) is 0 Å². The lowest BCUT2D eigenvalue weighted by Crippen LogP contribution is -2.10. The number of nitrogens with one attached hydrogen (secondary N) is 4. The van der Waals surface area contributed by atoms with Crippen LogP contribution in [0.15, 0.2) is 121 Å². The van der Waals surface area contributed by atoms with E-state index in [1.807, 2.05) is 121 Å². The molecule has 0 unspecified atom stereocenters. The summed E-state index contributed by atoms with van der Waals surface area (Å²) < 4.78 is 23.3. The molecule has 0 radical (unpaired) electrons. The van der Waals surface area contributed by atoms with E-state index in [-0.39, 0.29) is 52.1 Å². The van der Waals surface area contributed by atoms with E-state index in [2.05, 4.69) is 19.9 Å². The van der Waals surface area contributed by atoms with Gasteiger partial charge in [-0.25, -0.2) is 19.2 Å². The SMILES string of the molecule is CCOC(=O)c1c2[nH]c(c1-c1ccccc1)Cc1[nH]c(c(-c3ccccc3)c1C(=O)OCC)Cc1[nH]c(c(-c3ccccc3)c1C(=O)OCC)Cc1[nH]c(c(-c3ccccc3)c1C(=O)OCC)C2. The van der Waals surface area contributed by atoms with Gasteiger partial charge in [-0.15, -0.1) is 0 Å².